The van der Waals surface area contributed by atoms with Crippen molar-refractivity contribution in [1.82, 2.24) is 0 Å². The van der Waals surface area contributed by atoms with Gasteiger partial charge in [0.25, 0.3) is 0 Å². The van der Waals surface area contributed by atoms with E-state index in [2.05, 4.69) is 184 Å². The topological polar surface area (TPSA) is 16.4 Å². The van der Waals surface area contributed by atoms with E-state index in [1.54, 1.807) is 0 Å². The molecule has 0 radical (unpaired) electrons. The standard InChI is InChI=1S/C52H39NO/c1-51(2)41-19-10-7-17-39(41)48-43(51)21-13-22-44(48)53(35-27-24-32(25-28-35)33-26-29-38-37-16-9-12-23-46(37)54-47(38)31-33)45-30-34-14-5-6-15-36(34)50-49(45)40-18-8-11-20-42(40)52(50,3)4/h5-31H,1-4H3. The van der Waals surface area contributed by atoms with Crippen molar-refractivity contribution in [2.24, 2.45) is 0 Å². The zero-order valence-electron chi connectivity index (χ0n) is 30.9. The van der Waals surface area contributed by atoms with Crippen LogP contribution in [0.15, 0.2) is 168 Å². The number of para-hydroxylation sites is 1. The fraction of sp³-hybridized carbons (Fsp3) is 0.115. The number of hydrogen-bond donors (Lipinski definition) is 0. The molecule has 0 spiro atoms. The Balaban J connectivity index is 1.17. The van der Waals surface area contributed by atoms with E-state index in [0.29, 0.717) is 0 Å². The second kappa shape index (κ2) is 11.1. The molecule has 2 aliphatic rings. The smallest absolute Gasteiger partial charge is 0.136 e. The zero-order chi connectivity index (χ0) is 36.3. The van der Waals surface area contributed by atoms with Crippen LogP contribution in [0.1, 0.15) is 49.9 Å². The van der Waals surface area contributed by atoms with Gasteiger partial charge >= 0.3 is 0 Å². The summed E-state index contributed by atoms with van der Waals surface area (Å²) in [5.74, 6) is 0. The number of furan rings is 1. The summed E-state index contributed by atoms with van der Waals surface area (Å²) in [7, 11) is 0. The molecule has 0 bridgehead atoms. The highest BCUT2D eigenvalue weighted by atomic mass is 16.3. The molecule has 1 heterocycles. The van der Waals surface area contributed by atoms with Crippen molar-refractivity contribution in [3.8, 4) is 33.4 Å². The van der Waals surface area contributed by atoms with Gasteiger partial charge in [-0.3, -0.25) is 0 Å². The molecule has 258 valence electrons. The Hall–Kier alpha value is -6.38. The number of benzene rings is 8. The van der Waals surface area contributed by atoms with Gasteiger partial charge in [-0.15, -0.1) is 0 Å². The summed E-state index contributed by atoms with van der Waals surface area (Å²) >= 11 is 0. The molecule has 0 saturated carbocycles. The third-order valence-corrected chi connectivity index (χ3v) is 12.4. The van der Waals surface area contributed by atoms with E-state index in [9.17, 15) is 0 Å². The molecule has 0 saturated heterocycles. The van der Waals surface area contributed by atoms with Crippen LogP contribution < -0.4 is 4.90 Å². The molecule has 0 fully saturated rings. The fourth-order valence-electron chi connectivity index (χ4n) is 9.85. The van der Waals surface area contributed by atoms with Crippen LogP contribution >= 0.6 is 0 Å². The highest BCUT2D eigenvalue weighted by Gasteiger charge is 2.41. The van der Waals surface area contributed by atoms with E-state index in [1.807, 2.05) is 12.1 Å². The molecule has 2 nitrogen and oxygen atoms in total. The summed E-state index contributed by atoms with van der Waals surface area (Å²) in [4.78, 5) is 2.55. The van der Waals surface area contributed by atoms with Crippen LogP contribution in [-0.2, 0) is 10.8 Å². The molecule has 2 aliphatic carbocycles. The first-order chi connectivity index (χ1) is 26.3. The Bertz CT molecular complexity index is 3000. The molecule has 0 unspecified atom stereocenters. The first kappa shape index (κ1) is 31.2. The van der Waals surface area contributed by atoms with Crippen molar-refractivity contribution >= 4 is 49.8 Å². The van der Waals surface area contributed by atoms with E-state index in [0.717, 1.165) is 38.8 Å². The molecule has 0 amide bonds. The van der Waals surface area contributed by atoms with Crippen LogP contribution in [0.2, 0.25) is 0 Å². The molecule has 54 heavy (non-hydrogen) atoms. The van der Waals surface area contributed by atoms with Gasteiger partial charge in [-0.05, 0) is 97.7 Å². The molecular formula is C52H39NO. The predicted molar refractivity (Wildman–Crippen MR) is 226 cm³/mol. The third-order valence-electron chi connectivity index (χ3n) is 12.4. The maximum absolute atomic E-state index is 6.30. The van der Waals surface area contributed by atoms with E-state index in [1.165, 1.54) is 66.7 Å². The van der Waals surface area contributed by atoms with E-state index >= 15 is 0 Å². The largest absolute Gasteiger partial charge is 0.456 e. The molecule has 9 aromatic rings. The van der Waals surface area contributed by atoms with Crippen molar-refractivity contribution in [2.75, 3.05) is 4.90 Å². The fourth-order valence-corrected chi connectivity index (χ4v) is 9.85. The van der Waals surface area contributed by atoms with Crippen LogP contribution in [-0.4, -0.2) is 0 Å². The quantitative estimate of drug-likeness (QED) is 0.182. The molecule has 11 rings (SSSR count). The van der Waals surface area contributed by atoms with Gasteiger partial charge in [-0.2, -0.15) is 0 Å². The van der Waals surface area contributed by atoms with Crippen LogP contribution in [0.5, 0.6) is 0 Å². The highest BCUT2D eigenvalue weighted by molar-refractivity contribution is 6.08. The van der Waals surface area contributed by atoms with Crippen molar-refractivity contribution in [1.29, 1.82) is 0 Å². The molecule has 0 atom stereocenters. The second-order valence-electron chi connectivity index (χ2n) is 16.1. The highest BCUT2D eigenvalue weighted by Crippen LogP contribution is 2.59. The number of anilines is 3. The normalized spacial score (nSPS) is 14.6. The van der Waals surface area contributed by atoms with Crippen molar-refractivity contribution < 1.29 is 4.42 Å². The predicted octanol–water partition coefficient (Wildman–Crippen LogP) is 14.5. The van der Waals surface area contributed by atoms with Gasteiger partial charge in [0.2, 0.25) is 0 Å². The minimum atomic E-state index is -0.167. The Morgan fingerprint density at radius 1 is 0.426 bits per heavy atom. The summed E-state index contributed by atoms with van der Waals surface area (Å²) < 4.78 is 6.30. The Labute approximate surface area is 315 Å². The van der Waals surface area contributed by atoms with Gasteiger partial charge in [0.05, 0.1) is 11.4 Å². The average molecular weight is 694 g/mol. The maximum atomic E-state index is 6.30. The molecule has 0 aliphatic heterocycles. The molecule has 1 aromatic heterocycles. The van der Waals surface area contributed by atoms with Crippen LogP contribution in [0.25, 0.3) is 66.1 Å². The van der Waals surface area contributed by atoms with E-state index < -0.39 is 0 Å². The lowest BCUT2D eigenvalue weighted by Gasteiger charge is -2.32. The molecule has 0 N–H and O–H groups in total. The lowest BCUT2D eigenvalue weighted by atomic mass is 9.80. The van der Waals surface area contributed by atoms with Crippen molar-refractivity contribution in [3.05, 3.63) is 186 Å². The van der Waals surface area contributed by atoms with Gasteiger partial charge in [0.1, 0.15) is 11.2 Å². The summed E-state index contributed by atoms with van der Waals surface area (Å²) in [5.41, 5.74) is 18.1. The van der Waals surface area contributed by atoms with E-state index in [4.69, 9.17) is 4.42 Å². The van der Waals surface area contributed by atoms with Gasteiger partial charge in [-0.25, -0.2) is 0 Å². The maximum Gasteiger partial charge on any atom is 0.136 e. The lowest BCUT2D eigenvalue weighted by Crippen LogP contribution is -2.17. The number of rotatable bonds is 4. The summed E-state index contributed by atoms with van der Waals surface area (Å²) in [5, 5.41) is 4.86. The van der Waals surface area contributed by atoms with Crippen LogP contribution in [0, 0.1) is 0 Å². The van der Waals surface area contributed by atoms with Crippen LogP contribution in [0.4, 0.5) is 17.1 Å². The van der Waals surface area contributed by atoms with Gasteiger partial charge in [0.15, 0.2) is 0 Å². The summed E-state index contributed by atoms with van der Waals surface area (Å²) in [6.45, 7) is 9.52. The number of fused-ring (bicyclic) bond motifs is 11. The SMILES string of the molecule is CC1(C)c2ccccc2-c2c(N(c3ccc(-c4ccc5c(c4)oc4ccccc45)cc3)c3cc4ccccc4c4c3-c3ccccc3C4(C)C)cccc21. The average Bonchev–Trinajstić information content (AvgIpc) is 3.78. The van der Waals surface area contributed by atoms with Gasteiger partial charge in [0, 0.05) is 38.4 Å². The molecule has 2 heteroatoms. The molecule has 8 aromatic carbocycles. The number of hydrogen-bond acceptors (Lipinski definition) is 2. The lowest BCUT2D eigenvalue weighted by molar-refractivity contribution is 0.660. The Morgan fingerprint density at radius 2 is 1.04 bits per heavy atom. The Morgan fingerprint density at radius 3 is 1.83 bits per heavy atom. The Kier molecular flexibility index (Phi) is 6.39. The first-order valence-corrected chi connectivity index (χ1v) is 19.0. The first-order valence-electron chi connectivity index (χ1n) is 19.0. The van der Waals surface area contributed by atoms with E-state index in [-0.39, 0.29) is 10.8 Å². The van der Waals surface area contributed by atoms with Crippen molar-refractivity contribution in [2.45, 2.75) is 38.5 Å². The minimum absolute atomic E-state index is 0.118. The monoisotopic (exact) mass is 693 g/mol. The third kappa shape index (κ3) is 4.23. The van der Waals surface area contributed by atoms with Gasteiger partial charge < -0.3 is 9.32 Å². The second-order valence-corrected chi connectivity index (χ2v) is 16.1. The molecular weight excluding hydrogens is 655 g/mol. The van der Waals surface area contributed by atoms with Crippen molar-refractivity contribution in [3.63, 3.8) is 0 Å². The number of nitrogens with zero attached hydrogens (tertiary/aromatic N) is 1. The summed E-state index contributed by atoms with van der Waals surface area (Å²) in [6, 6.07) is 60.3. The minimum Gasteiger partial charge on any atom is -0.456 e. The zero-order valence-corrected chi connectivity index (χ0v) is 30.9. The van der Waals surface area contributed by atoms with Crippen LogP contribution in [0.3, 0.4) is 0 Å². The summed E-state index contributed by atoms with van der Waals surface area (Å²) in [6.07, 6.45) is 0. The van der Waals surface area contributed by atoms with Gasteiger partial charge in [-0.1, -0.05) is 149 Å².